The van der Waals surface area contributed by atoms with E-state index in [0.29, 0.717) is 50.5 Å². The van der Waals surface area contributed by atoms with E-state index in [4.69, 9.17) is 0 Å². The number of aromatic nitrogens is 2. The monoisotopic (exact) mass is 501 g/mol. The zero-order valence-corrected chi connectivity index (χ0v) is 19.2. The Kier molecular flexibility index (Phi) is 6.15. The number of alkyl halides is 3. The third kappa shape index (κ3) is 4.65. The van der Waals surface area contributed by atoms with Gasteiger partial charge in [0, 0.05) is 45.3 Å². The van der Waals surface area contributed by atoms with Crippen LogP contribution in [0.25, 0.3) is 0 Å². The Labute approximate surface area is 204 Å². The molecule has 0 bridgehead atoms. The van der Waals surface area contributed by atoms with Crippen LogP contribution in [0, 0.1) is 5.82 Å². The van der Waals surface area contributed by atoms with E-state index in [1.54, 1.807) is 23.1 Å². The van der Waals surface area contributed by atoms with Crippen molar-refractivity contribution in [3.63, 3.8) is 0 Å². The minimum atomic E-state index is -4.42. The quantitative estimate of drug-likeness (QED) is 0.512. The van der Waals surface area contributed by atoms with Crippen LogP contribution in [0.3, 0.4) is 0 Å². The number of rotatable bonds is 4. The first-order valence-electron chi connectivity index (χ1n) is 11.5. The van der Waals surface area contributed by atoms with Crippen LogP contribution in [-0.2, 0) is 19.3 Å². The van der Waals surface area contributed by atoms with E-state index in [0.717, 1.165) is 12.1 Å². The van der Waals surface area contributed by atoms with Crippen LogP contribution in [0.2, 0.25) is 0 Å². The highest BCUT2D eigenvalue weighted by molar-refractivity contribution is 5.98. The van der Waals surface area contributed by atoms with E-state index < -0.39 is 11.7 Å². The average Bonchev–Trinajstić information content (AvgIpc) is 3.31. The van der Waals surface area contributed by atoms with Gasteiger partial charge in [-0.1, -0.05) is 24.3 Å². The van der Waals surface area contributed by atoms with E-state index in [9.17, 15) is 27.2 Å². The molecule has 36 heavy (non-hydrogen) atoms. The van der Waals surface area contributed by atoms with Crippen LogP contribution >= 0.6 is 0 Å². The van der Waals surface area contributed by atoms with Gasteiger partial charge in [0.25, 0.3) is 11.8 Å². The van der Waals surface area contributed by atoms with E-state index in [1.807, 2.05) is 4.90 Å². The smallest absolute Gasteiger partial charge is 0.366 e. The summed E-state index contributed by atoms with van der Waals surface area (Å²) in [6.45, 7) is 2.58. The Morgan fingerprint density at radius 2 is 1.61 bits per heavy atom. The van der Waals surface area contributed by atoms with Crippen molar-refractivity contribution in [2.24, 2.45) is 0 Å². The molecule has 188 valence electrons. The molecule has 0 unspecified atom stereocenters. The Hall–Kier alpha value is -3.89. The number of nitrogens with zero attached hydrogens (tertiary/aromatic N) is 5. The summed E-state index contributed by atoms with van der Waals surface area (Å²) in [5.41, 5.74) is 0.761. The fourth-order valence-corrected chi connectivity index (χ4v) is 4.53. The number of carbonyl (C=O) groups is 2. The maximum Gasteiger partial charge on any atom is 0.416 e. The fraction of sp³-hybridized carbons (Fsp3) is 0.320. The summed E-state index contributed by atoms with van der Waals surface area (Å²) < 4.78 is 54.0. The van der Waals surface area contributed by atoms with Gasteiger partial charge in [-0.05, 0) is 29.8 Å². The maximum atomic E-state index is 14.1. The standard InChI is InChI=1S/C25H23F4N5O2/c26-19-3-1-2-4-21(19)31-9-11-32(12-10-31)23(35)20-15-22-24(36)33(13-14-34(22)30-20)16-17-5-7-18(8-6-17)25(27,28)29/h1-8,15H,9-14,16H2. The molecule has 0 radical (unpaired) electrons. The van der Waals surface area contributed by atoms with E-state index in [-0.39, 0.29) is 35.6 Å². The topological polar surface area (TPSA) is 61.7 Å². The molecule has 2 aliphatic rings. The number of fused-ring (bicyclic) bond motifs is 1. The van der Waals surface area contributed by atoms with Gasteiger partial charge in [-0.15, -0.1) is 0 Å². The van der Waals surface area contributed by atoms with Crippen molar-refractivity contribution < 1.29 is 27.2 Å². The van der Waals surface area contributed by atoms with Gasteiger partial charge >= 0.3 is 6.18 Å². The summed E-state index contributed by atoms with van der Waals surface area (Å²) in [5, 5.41) is 4.33. The van der Waals surface area contributed by atoms with Crippen molar-refractivity contribution in [1.82, 2.24) is 19.6 Å². The van der Waals surface area contributed by atoms with Crippen molar-refractivity contribution in [3.8, 4) is 0 Å². The summed E-state index contributed by atoms with van der Waals surface area (Å²) in [7, 11) is 0. The van der Waals surface area contributed by atoms with Crippen LogP contribution in [0.4, 0.5) is 23.2 Å². The first-order valence-corrected chi connectivity index (χ1v) is 11.5. The van der Waals surface area contributed by atoms with Crippen LogP contribution in [0.1, 0.15) is 32.1 Å². The van der Waals surface area contributed by atoms with Gasteiger partial charge < -0.3 is 14.7 Å². The number of carbonyl (C=O) groups excluding carboxylic acids is 2. The summed E-state index contributed by atoms with van der Waals surface area (Å²) in [6.07, 6.45) is -4.42. The molecule has 0 spiro atoms. The third-order valence-corrected chi connectivity index (χ3v) is 6.50. The highest BCUT2D eigenvalue weighted by Crippen LogP contribution is 2.29. The maximum absolute atomic E-state index is 14.1. The number of hydrogen-bond acceptors (Lipinski definition) is 4. The van der Waals surface area contributed by atoms with Crippen LogP contribution in [-0.4, -0.2) is 64.1 Å². The van der Waals surface area contributed by atoms with Gasteiger partial charge in [0.15, 0.2) is 5.69 Å². The largest absolute Gasteiger partial charge is 0.416 e. The molecule has 0 N–H and O–H groups in total. The first kappa shape index (κ1) is 23.8. The molecule has 11 heteroatoms. The normalized spacial score (nSPS) is 16.3. The molecule has 2 amide bonds. The summed E-state index contributed by atoms with van der Waals surface area (Å²) in [6, 6.07) is 12.7. The van der Waals surface area contributed by atoms with Crippen LogP contribution in [0.15, 0.2) is 54.6 Å². The van der Waals surface area contributed by atoms with Crippen molar-refractivity contribution in [1.29, 1.82) is 0 Å². The Bertz CT molecular complexity index is 1280. The molecule has 0 atom stereocenters. The molecule has 0 aliphatic carbocycles. The fourth-order valence-electron chi connectivity index (χ4n) is 4.53. The Balaban J connectivity index is 1.23. The summed E-state index contributed by atoms with van der Waals surface area (Å²) in [5.74, 6) is -0.942. The van der Waals surface area contributed by atoms with Gasteiger partial charge in [0.05, 0.1) is 17.8 Å². The SMILES string of the molecule is O=C(c1cc2n(n1)CCN(Cc1ccc(C(F)(F)F)cc1)C2=O)N1CCN(c2ccccc2F)CC1. The minimum absolute atomic E-state index is 0.156. The second-order valence-corrected chi connectivity index (χ2v) is 8.79. The second-order valence-electron chi connectivity index (χ2n) is 8.79. The predicted molar refractivity (Wildman–Crippen MR) is 123 cm³/mol. The van der Waals surface area contributed by atoms with Crippen LogP contribution in [0.5, 0.6) is 0 Å². The number of benzene rings is 2. The average molecular weight is 501 g/mol. The highest BCUT2D eigenvalue weighted by Gasteiger charge is 2.32. The molecule has 7 nitrogen and oxygen atoms in total. The lowest BCUT2D eigenvalue weighted by Gasteiger charge is -2.35. The van der Waals surface area contributed by atoms with Gasteiger partial charge in [-0.2, -0.15) is 18.3 Å². The van der Waals surface area contributed by atoms with E-state index in [2.05, 4.69) is 5.10 Å². The predicted octanol–water partition coefficient (Wildman–Crippen LogP) is 3.66. The molecule has 2 aromatic carbocycles. The third-order valence-electron chi connectivity index (χ3n) is 6.50. The van der Waals surface area contributed by atoms with Crippen molar-refractivity contribution in [2.75, 3.05) is 37.6 Å². The molecular formula is C25H23F4N5O2. The lowest BCUT2D eigenvalue weighted by atomic mass is 10.1. The first-order chi connectivity index (χ1) is 17.2. The van der Waals surface area contributed by atoms with Gasteiger partial charge in [0.1, 0.15) is 11.5 Å². The minimum Gasteiger partial charge on any atom is -0.366 e. The molecule has 2 aliphatic heterocycles. The van der Waals surface area contributed by atoms with Crippen molar-refractivity contribution >= 4 is 17.5 Å². The second kappa shape index (κ2) is 9.29. The molecule has 0 saturated carbocycles. The van der Waals surface area contributed by atoms with E-state index >= 15 is 0 Å². The Morgan fingerprint density at radius 1 is 0.917 bits per heavy atom. The zero-order chi connectivity index (χ0) is 25.4. The number of hydrogen-bond donors (Lipinski definition) is 0. The van der Waals surface area contributed by atoms with Crippen molar-refractivity contribution in [2.45, 2.75) is 19.3 Å². The molecular weight excluding hydrogens is 478 g/mol. The van der Waals surface area contributed by atoms with Gasteiger partial charge in [-0.25, -0.2) is 4.39 Å². The highest BCUT2D eigenvalue weighted by atomic mass is 19.4. The molecule has 3 heterocycles. The molecule has 1 saturated heterocycles. The van der Waals surface area contributed by atoms with E-state index in [1.165, 1.54) is 33.8 Å². The number of anilines is 1. The summed E-state index contributed by atoms with van der Waals surface area (Å²) >= 11 is 0. The van der Waals surface area contributed by atoms with Crippen LogP contribution < -0.4 is 4.90 Å². The zero-order valence-electron chi connectivity index (χ0n) is 19.2. The number of halogens is 4. The molecule has 1 aromatic heterocycles. The molecule has 3 aromatic rings. The number of para-hydroxylation sites is 1. The van der Waals surface area contributed by atoms with Gasteiger partial charge in [-0.3, -0.25) is 14.3 Å². The summed E-state index contributed by atoms with van der Waals surface area (Å²) in [4.78, 5) is 31.1. The lowest BCUT2D eigenvalue weighted by Crippen LogP contribution is -2.49. The Morgan fingerprint density at radius 3 is 2.28 bits per heavy atom. The molecule has 5 rings (SSSR count). The number of amides is 2. The van der Waals surface area contributed by atoms with Gasteiger partial charge in [0.2, 0.25) is 0 Å². The number of piperazine rings is 1. The lowest BCUT2D eigenvalue weighted by molar-refractivity contribution is -0.137. The van der Waals surface area contributed by atoms with Crippen molar-refractivity contribution in [3.05, 3.63) is 82.9 Å². The molecule has 1 fully saturated rings.